The summed E-state index contributed by atoms with van der Waals surface area (Å²) in [6.07, 6.45) is 3.17. The number of aromatic nitrogens is 2. The summed E-state index contributed by atoms with van der Waals surface area (Å²) in [4.78, 5) is 29.1. The summed E-state index contributed by atoms with van der Waals surface area (Å²) in [5.41, 5.74) is -0.324. The molecule has 2 amide bonds. The predicted molar refractivity (Wildman–Crippen MR) is 67.8 cm³/mol. The minimum absolute atomic E-state index is 0.181. The molecule has 0 unspecified atom stereocenters. The molecule has 2 aromatic rings. The van der Waals surface area contributed by atoms with Crippen LogP contribution in [-0.2, 0) is 6.54 Å². The number of aromatic amines is 1. The molecule has 0 atom stereocenters. The highest BCUT2D eigenvalue weighted by atomic mass is 19.1. The number of hydrogen-bond acceptors (Lipinski definition) is 3. The fourth-order valence-electron chi connectivity index (χ4n) is 1.50. The molecule has 0 saturated carbocycles. The van der Waals surface area contributed by atoms with Crippen LogP contribution in [0.1, 0.15) is 16.2 Å². The molecule has 0 aliphatic carbocycles. The van der Waals surface area contributed by atoms with E-state index in [-0.39, 0.29) is 12.2 Å². The zero-order valence-electron chi connectivity index (χ0n) is 10.2. The quantitative estimate of drug-likeness (QED) is 0.680. The first-order chi connectivity index (χ1) is 9.56. The van der Waals surface area contributed by atoms with Gasteiger partial charge in [-0.25, -0.2) is 19.0 Å². The van der Waals surface area contributed by atoms with Crippen LogP contribution in [0.2, 0.25) is 0 Å². The highest BCUT2D eigenvalue weighted by Crippen LogP contribution is 2.14. The Morgan fingerprint density at radius 1 is 1.40 bits per heavy atom. The maximum atomic E-state index is 13.2. The van der Waals surface area contributed by atoms with Crippen LogP contribution in [0.4, 0.5) is 14.9 Å². The van der Waals surface area contributed by atoms with E-state index in [2.05, 4.69) is 20.6 Å². The Balaban J connectivity index is 1.97. The fraction of sp³-hybridized carbons (Fsp3) is 0.0833. The summed E-state index contributed by atoms with van der Waals surface area (Å²) in [5, 5.41) is 13.7. The molecule has 1 aromatic carbocycles. The van der Waals surface area contributed by atoms with Gasteiger partial charge in [-0.2, -0.15) is 0 Å². The van der Waals surface area contributed by atoms with Gasteiger partial charge >= 0.3 is 12.0 Å². The van der Waals surface area contributed by atoms with Crippen LogP contribution in [0.3, 0.4) is 0 Å². The van der Waals surface area contributed by atoms with E-state index >= 15 is 0 Å². The molecular weight excluding hydrogens is 267 g/mol. The molecule has 2 rings (SSSR count). The largest absolute Gasteiger partial charge is 0.478 e. The number of hydrogen-bond donors (Lipinski definition) is 4. The van der Waals surface area contributed by atoms with Gasteiger partial charge in [0.2, 0.25) is 0 Å². The van der Waals surface area contributed by atoms with Crippen LogP contribution in [0, 0.1) is 5.82 Å². The van der Waals surface area contributed by atoms with Crippen molar-refractivity contribution in [1.29, 1.82) is 0 Å². The number of carbonyl (C=O) groups excluding carboxylic acids is 1. The first-order valence-corrected chi connectivity index (χ1v) is 5.62. The van der Waals surface area contributed by atoms with Crippen LogP contribution in [-0.4, -0.2) is 27.1 Å². The lowest BCUT2D eigenvalue weighted by Gasteiger charge is -2.07. The lowest BCUT2D eigenvalue weighted by atomic mass is 10.2. The third-order valence-electron chi connectivity index (χ3n) is 2.43. The van der Waals surface area contributed by atoms with Crippen LogP contribution >= 0.6 is 0 Å². The third-order valence-corrected chi connectivity index (χ3v) is 2.43. The molecule has 0 saturated heterocycles. The van der Waals surface area contributed by atoms with Crippen molar-refractivity contribution in [3.8, 4) is 0 Å². The van der Waals surface area contributed by atoms with Gasteiger partial charge in [-0.1, -0.05) is 0 Å². The Bertz CT molecular complexity index is 628. The van der Waals surface area contributed by atoms with Crippen molar-refractivity contribution in [3.63, 3.8) is 0 Å². The molecule has 1 heterocycles. The van der Waals surface area contributed by atoms with E-state index in [1.807, 2.05) is 0 Å². The number of halogens is 1. The van der Waals surface area contributed by atoms with Crippen LogP contribution in [0.5, 0.6) is 0 Å². The van der Waals surface area contributed by atoms with Gasteiger partial charge in [0.25, 0.3) is 0 Å². The molecule has 0 fully saturated rings. The van der Waals surface area contributed by atoms with Crippen LogP contribution < -0.4 is 10.6 Å². The lowest BCUT2D eigenvalue weighted by molar-refractivity contribution is 0.0692. The second-order valence-electron chi connectivity index (χ2n) is 3.84. The molecule has 7 nitrogen and oxygen atoms in total. The molecule has 0 aliphatic heterocycles. The van der Waals surface area contributed by atoms with Gasteiger partial charge < -0.3 is 20.7 Å². The third kappa shape index (κ3) is 3.31. The maximum Gasteiger partial charge on any atom is 0.338 e. The number of nitrogens with one attached hydrogen (secondary N) is 3. The van der Waals surface area contributed by atoms with Crippen molar-refractivity contribution >= 4 is 17.7 Å². The highest BCUT2D eigenvalue weighted by molar-refractivity contribution is 5.93. The monoisotopic (exact) mass is 278 g/mol. The van der Waals surface area contributed by atoms with E-state index in [0.29, 0.717) is 5.82 Å². The van der Waals surface area contributed by atoms with Gasteiger partial charge in [-0.05, 0) is 18.2 Å². The number of imidazole rings is 1. The number of amides is 2. The molecular formula is C12H11FN4O3. The van der Waals surface area contributed by atoms with E-state index in [0.717, 1.165) is 12.1 Å². The molecule has 8 heteroatoms. The van der Waals surface area contributed by atoms with Gasteiger partial charge in [-0.15, -0.1) is 0 Å². The smallest absolute Gasteiger partial charge is 0.338 e. The summed E-state index contributed by atoms with van der Waals surface area (Å²) in [6, 6.07) is 2.74. The van der Waals surface area contributed by atoms with Gasteiger partial charge in [0, 0.05) is 18.1 Å². The zero-order chi connectivity index (χ0) is 14.5. The molecule has 0 spiro atoms. The summed E-state index contributed by atoms with van der Waals surface area (Å²) in [6.45, 7) is 0.186. The number of nitrogens with zero attached hydrogens (tertiary/aromatic N) is 1. The molecule has 0 radical (unpaired) electrons. The first-order valence-electron chi connectivity index (χ1n) is 5.62. The SMILES string of the molecule is O=C(NCc1ncc[nH]1)Nc1ccc(F)c(C(=O)O)c1. The molecule has 0 aliphatic rings. The average Bonchev–Trinajstić information content (AvgIpc) is 2.91. The minimum Gasteiger partial charge on any atom is -0.478 e. The minimum atomic E-state index is -1.40. The van der Waals surface area contributed by atoms with Crippen molar-refractivity contribution in [3.05, 3.63) is 47.8 Å². The highest BCUT2D eigenvalue weighted by Gasteiger charge is 2.12. The number of aromatic carboxylic acids is 1. The number of carboxylic acids is 1. The Morgan fingerprint density at radius 3 is 2.85 bits per heavy atom. The standard InChI is InChI=1S/C12H11FN4O3/c13-9-2-1-7(5-8(9)11(18)19)17-12(20)16-6-10-14-3-4-15-10/h1-5H,6H2,(H,14,15)(H,18,19)(H2,16,17,20). The van der Waals surface area contributed by atoms with E-state index in [4.69, 9.17) is 5.11 Å². The van der Waals surface area contributed by atoms with Crippen molar-refractivity contribution < 1.29 is 19.1 Å². The van der Waals surface area contributed by atoms with Crippen LogP contribution in [0.25, 0.3) is 0 Å². The van der Waals surface area contributed by atoms with Crippen molar-refractivity contribution in [1.82, 2.24) is 15.3 Å². The number of H-pyrrole nitrogens is 1. The summed E-state index contributed by atoms with van der Waals surface area (Å²) >= 11 is 0. The van der Waals surface area contributed by atoms with Crippen molar-refractivity contribution in [2.24, 2.45) is 0 Å². The van der Waals surface area contributed by atoms with E-state index < -0.39 is 23.4 Å². The van der Waals surface area contributed by atoms with E-state index in [9.17, 15) is 14.0 Å². The predicted octanol–water partition coefficient (Wildman–Crippen LogP) is 1.57. The summed E-state index contributed by atoms with van der Waals surface area (Å²) in [7, 11) is 0. The molecule has 0 bridgehead atoms. The average molecular weight is 278 g/mol. The zero-order valence-corrected chi connectivity index (χ0v) is 10.2. The lowest BCUT2D eigenvalue weighted by Crippen LogP contribution is -2.28. The molecule has 4 N–H and O–H groups in total. The van der Waals surface area contributed by atoms with Gasteiger partial charge in [0.15, 0.2) is 0 Å². The second kappa shape index (κ2) is 5.83. The number of rotatable bonds is 4. The van der Waals surface area contributed by atoms with Crippen molar-refractivity contribution in [2.75, 3.05) is 5.32 Å². The fourth-order valence-corrected chi connectivity index (χ4v) is 1.50. The van der Waals surface area contributed by atoms with Crippen molar-refractivity contribution in [2.45, 2.75) is 6.54 Å². The first kappa shape index (κ1) is 13.5. The van der Waals surface area contributed by atoms with E-state index in [1.165, 1.54) is 6.07 Å². The number of anilines is 1. The van der Waals surface area contributed by atoms with Gasteiger partial charge in [0.1, 0.15) is 11.6 Å². The number of urea groups is 1. The molecule has 1 aromatic heterocycles. The Kier molecular flexibility index (Phi) is 3.94. The Hall–Kier alpha value is -2.90. The summed E-state index contributed by atoms with van der Waals surface area (Å²) in [5.74, 6) is -1.69. The van der Waals surface area contributed by atoms with E-state index in [1.54, 1.807) is 12.4 Å². The molecule has 20 heavy (non-hydrogen) atoms. The van der Waals surface area contributed by atoms with Gasteiger partial charge in [0.05, 0.1) is 12.1 Å². The summed E-state index contributed by atoms with van der Waals surface area (Å²) < 4.78 is 13.2. The Labute approximate surface area is 112 Å². The van der Waals surface area contributed by atoms with Crippen LogP contribution in [0.15, 0.2) is 30.6 Å². The normalized spacial score (nSPS) is 10.1. The maximum absolute atomic E-state index is 13.2. The topological polar surface area (TPSA) is 107 Å². The number of carbonyl (C=O) groups is 2. The Morgan fingerprint density at radius 2 is 2.20 bits per heavy atom. The number of carboxylic acid groups (broad SMARTS) is 1. The number of benzene rings is 1. The second-order valence-corrected chi connectivity index (χ2v) is 3.84. The molecule has 104 valence electrons. The van der Waals surface area contributed by atoms with Gasteiger partial charge in [-0.3, -0.25) is 0 Å².